The first-order valence-electron chi connectivity index (χ1n) is 26.0. The number of fused-ring (bicyclic) bond motifs is 10. The topological polar surface area (TPSA) is 28.4 Å². The van der Waals surface area contributed by atoms with E-state index in [1.54, 1.807) is 0 Å². The number of rotatable bonds is 5. The lowest BCUT2D eigenvalue weighted by atomic mass is 9.60. The molecule has 71 heavy (non-hydrogen) atoms. The van der Waals surface area contributed by atoms with Crippen molar-refractivity contribution in [2.24, 2.45) is 0 Å². The Morgan fingerprint density at radius 1 is 0.521 bits per heavy atom. The van der Waals surface area contributed by atoms with Crippen LogP contribution in [0.2, 0.25) is 0 Å². The van der Waals surface area contributed by atoms with Crippen molar-refractivity contribution in [1.29, 1.82) is 0 Å². The first kappa shape index (κ1) is 44.4. The number of furan rings is 1. The zero-order valence-corrected chi connectivity index (χ0v) is 43.9. The van der Waals surface area contributed by atoms with Gasteiger partial charge in [0.1, 0.15) is 5.58 Å². The van der Waals surface area contributed by atoms with Crippen molar-refractivity contribution in [1.82, 2.24) is 0 Å². The third kappa shape index (κ3) is 6.82. The molecule has 0 bridgehead atoms. The molecule has 2 aromatic heterocycles. The van der Waals surface area contributed by atoms with Crippen LogP contribution in [0.1, 0.15) is 114 Å². The minimum Gasteiger partial charge on any atom is -0.469 e. The maximum absolute atomic E-state index is 7.42. The Balaban J connectivity index is 1.14. The Labute approximate surface area is 424 Å². The molecule has 1 aliphatic heterocycles. The SMILES string of the molecule is Cc1ccccc1-c1cc(-c2c(Nc3cccc4sc5ccccc5c34)ccc3ccccc23)c2c(c1)N(c1cc3c(cc1C)C(C)(C)CCC3(C)C)c1c(oc3cc4c(cc13)C(C)(C)CCC4(C)C)B2. The Hall–Kier alpha value is -6.56. The van der Waals surface area contributed by atoms with Crippen LogP contribution in [0.4, 0.5) is 28.4 Å². The molecule has 0 amide bonds. The van der Waals surface area contributed by atoms with Gasteiger partial charge in [-0.15, -0.1) is 11.3 Å². The van der Waals surface area contributed by atoms with Crippen molar-refractivity contribution in [3.8, 4) is 22.3 Å². The van der Waals surface area contributed by atoms with E-state index < -0.39 is 0 Å². The van der Waals surface area contributed by atoms with Crippen molar-refractivity contribution in [2.45, 2.75) is 117 Å². The molecule has 0 saturated heterocycles. The summed E-state index contributed by atoms with van der Waals surface area (Å²) in [5, 5.41) is 10.3. The molecule has 0 spiro atoms. The quantitative estimate of drug-likeness (QED) is 0.174. The van der Waals surface area contributed by atoms with Crippen LogP contribution in [-0.2, 0) is 21.7 Å². The van der Waals surface area contributed by atoms with E-state index >= 15 is 0 Å². The minimum atomic E-state index is 0.0240. The third-order valence-corrected chi connectivity index (χ3v) is 18.6. The number of hydrogen-bond donors (Lipinski definition) is 1. The van der Waals surface area contributed by atoms with Gasteiger partial charge in [0.15, 0.2) is 0 Å². The highest BCUT2D eigenvalue weighted by atomic mass is 32.1. The molecule has 3 nitrogen and oxygen atoms in total. The van der Waals surface area contributed by atoms with Gasteiger partial charge >= 0.3 is 0 Å². The molecule has 0 radical (unpaired) electrons. The van der Waals surface area contributed by atoms with Gasteiger partial charge in [0.05, 0.1) is 11.3 Å². The molecular weight excluding hydrogens is 880 g/mol. The first-order chi connectivity index (χ1) is 34.0. The summed E-state index contributed by atoms with van der Waals surface area (Å²) < 4.78 is 10.00. The maximum Gasteiger partial charge on any atom is 0.244 e. The number of nitrogens with zero attached hydrogens (tertiary/aromatic N) is 1. The van der Waals surface area contributed by atoms with Gasteiger partial charge in [-0.2, -0.15) is 0 Å². The van der Waals surface area contributed by atoms with E-state index in [9.17, 15) is 0 Å². The highest BCUT2D eigenvalue weighted by molar-refractivity contribution is 7.26. The minimum absolute atomic E-state index is 0.0240. The Kier molecular flexibility index (Phi) is 9.67. The van der Waals surface area contributed by atoms with Crippen molar-refractivity contribution in [3.05, 3.63) is 173 Å². The summed E-state index contributed by atoms with van der Waals surface area (Å²) in [5.41, 5.74) is 22.6. The van der Waals surface area contributed by atoms with Crippen LogP contribution < -0.4 is 21.3 Å². The van der Waals surface area contributed by atoms with Gasteiger partial charge in [0.2, 0.25) is 7.28 Å². The van der Waals surface area contributed by atoms with E-state index in [1.165, 1.54) is 121 Å². The predicted molar refractivity (Wildman–Crippen MR) is 308 cm³/mol. The molecule has 3 aliphatic rings. The fourth-order valence-corrected chi connectivity index (χ4v) is 14.2. The van der Waals surface area contributed by atoms with E-state index in [0.29, 0.717) is 7.28 Å². The number of hydrogen-bond acceptors (Lipinski definition) is 4. The first-order valence-corrected chi connectivity index (χ1v) is 26.8. The van der Waals surface area contributed by atoms with E-state index in [4.69, 9.17) is 4.42 Å². The van der Waals surface area contributed by atoms with Gasteiger partial charge in [-0.05, 0) is 182 Å². The second-order valence-corrected chi connectivity index (χ2v) is 25.0. The number of nitrogens with one attached hydrogen (secondary N) is 1. The lowest BCUT2D eigenvalue weighted by Gasteiger charge is -2.43. The number of thiophene rings is 1. The molecule has 5 heteroatoms. The average molecular weight is 943 g/mol. The predicted octanol–water partition coefficient (Wildman–Crippen LogP) is 17.5. The van der Waals surface area contributed by atoms with Crippen LogP contribution >= 0.6 is 11.3 Å². The summed E-state index contributed by atoms with van der Waals surface area (Å²) in [4.78, 5) is 2.66. The number of benzene rings is 8. The third-order valence-electron chi connectivity index (χ3n) is 17.5. The van der Waals surface area contributed by atoms with Crippen molar-refractivity contribution in [3.63, 3.8) is 0 Å². The number of aryl methyl sites for hydroxylation is 2. The average Bonchev–Trinajstić information content (AvgIpc) is 3.92. The van der Waals surface area contributed by atoms with E-state index in [0.717, 1.165) is 41.9 Å². The highest BCUT2D eigenvalue weighted by Gasteiger charge is 2.42. The van der Waals surface area contributed by atoms with Gasteiger partial charge in [0, 0.05) is 53.9 Å². The molecule has 13 rings (SSSR count). The van der Waals surface area contributed by atoms with Crippen LogP contribution in [0.15, 0.2) is 144 Å². The van der Waals surface area contributed by atoms with Gasteiger partial charge in [0.25, 0.3) is 0 Å². The second kappa shape index (κ2) is 15.5. The second-order valence-electron chi connectivity index (χ2n) is 23.9. The Bertz CT molecular complexity index is 3880. The molecule has 0 unspecified atom stereocenters. The largest absolute Gasteiger partial charge is 0.469 e. The molecule has 352 valence electrons. The molecule has 0 atom stereocenters. The lowest BCUT2D eigenvalue weighted by molar-refractivity contribution is 0.332. The summed E-state index contributed by atoms with van der Waals surface area (Å²) >= 11 is 1.86. The fraction of sp³-hybridized carbons (Fsp3) is 0.273. The molecule has 8 aromatic carbocycles. The molecule has 10 aromatic rings. The van der Waals surface area contributed by atoms with Gasteiger partial charge < -0.3 is 14.6 Å². The van der Waals surface area contributed by atoms with Crippen molar-refractivity contribution >= 4 is 100 Å². The molecule has 1 N–H and O–H groups in total. The highest BCUT2D eigenvalue weighted by Crippen LogP contribution is 2.54. The fourth-order valence-electron chi connectivity index (χ4n) is 13.0. The summed E-state index contributed by atoms with van der Waals surface area (Å²) in [5.74, 6) is 0. The smallest absolute Gasteiger partial charge is 0.244 e. The molecule has 0 fully saturated rings. The van der Waals surface area contributed by atoms with Crippen LogP contribution in [0.3, 0.4) is 0 Å². The zero-order valence-electron chi connectivity index (χ0n) is 43.1. The maximum atomic E-state index is 7.42. The lowest BCUT2D eigenvalue weighted by Crippen LogP contribution is -2.40. The normalized spacial score (nSPS) is 17.2. The molecule has 2 aliphatic carbocycles. The van der Waals surface area contributed by atoms with E-state index in [-0.39, 0.29) is 21.7 Å². The summed E-state index contributed by atoms with van der Waals surface area (Å²) in [6.45, 7) is 24.2. The van der Waals surface area contributed by atoms with Crippen LogP contribution in [0, 0.1) is 13.8 Å². The monoisotopic (exact) mass is 942 g/mol. The summed E-state index contributed by atoms with van der Waals surface area (Å²) in [6.07, 6.45) is 4.63. The number of anilines is 5. The summed E-state index contributed by atoms with van der Waals surface area (Å²) in [7, 11) is 0.659. The van der Waals surface area contributed by atoms with E-state index in [1.807, 2.05) is 11.3 Å². The van der Waals surface area contributed by atoms with Crippen LogP contribution in [0.5, 0.6) is 0 Å². The van der Waals surface area contributed by atoms with Crippen molar-refractivity contribution in [2.75, 3.05) is 10.2 Å². The zero-order chi connectivity index (χ0) is 48.9. The van der Waals surface area contributed by atoms with Crippen LogP contribution in [0.25, 0.3) is 64.2 Å². The van der Waals surface area contributed by atoms with Gasteiger partial charge in [-0.3, -0.25) is 0 Å². The van der Waals surface area contributed by atoms with E-state index in [2.05, 4.69) is 219 Å². The Morgan fingerprint density at radius 2 is 1.15 bits per heavy atom. The van der Waals surface area contributed by atoms with Gasteiger partial charge in [-0.25, -0.2) is 0 Å². The molecular formula is C66H63BN2OS. The Morgan fingerprint density at radius 3 is 1.90 bits per heavy atom. The standard InChI is InChI=1S/C66H63BN2OS/c1-38-18-11-13-20-42(38)41-33-46(58-43-21-14-12-19-40(43)26-27-52(58)68-51-23-17-25-57-59(51)44-22-15-16-24-56(44)71-57)60-54(34-41)69(53-36-49-47(32-39(53)2)63(3,4)28-30-65(49,7)8)61-45-35-48-50(37-55(45)70-62(61)67-60)66(9,10)31-29-64(48,5)6/h11-27,32-37,67-68H,28-31H2,1-10H3. The van der Waals surface area contributed by atoms with Gasteiger partial charge in [-0.1, -0.05) is 140 Å². The van der Waals surface area contributed by atoms with Crippen molar-refractivity contribution < 1.29 is 4.42 Å². The molecule has 3 heterocycles. The molecule has 0 saturated carbocycles. The summed E-state index contributed by atoms with van der Waals surface area (Å²) in [6, 6.07) is 53.2. The van der Waals surface area contributed by atoms with Crippen LogP contribution in [-0.4, -0.2) is 7.28 Å².